The van der Waals surface area contributed by atoms with Crippen LogP contribution in [-0.4, -0.2) is 35.1 Å². The SMILES string of the molecule is CC1CCC(N2CC(C(=O)O)C2)C(C)C1. The molecule has 0 aromatic heterocycles. The van der Waals surface area contributed by atoms with Crippen molar-refractivity contribution < 1.29 is 9.90 Å². The third kappa shape index (κ3) is 2.17. The van der Waals surface area contributed by atoms with E-state index in [1.807, 2.05) is 0 Å². The average Bonchev–Trinajstić information content (AvgIpc) is 2.05. The van der Waals surface area contributed by atoms with E-state index in [-0.39, 0.29) is 5.92 Å². The van der Waals surface area contributed by atoms with Crippen molar-refractivity contribution in [3.63, 3.8) is 0 Å². The fourth-order valence-corrected chi connectivity index (χ4v) is 3.13. The lowest BCUT2D eigenvalue weighted by Gasteiger charge is -2.47. The normalized spacial score (nSPS) is 38.7. The fraction of sp³-hybridized carbons (Fsp3) is 0.917. The van der Waals surface area contributed by atoms with E-state index in [1.165, 1.54) is 19.3 Å². The minimum Gasteiger partial charge on any atom is -0.481 e. The van der Waals surface area contributed by atoms with Gasteiger partial charge >= 0.3 is 5.97 Å². The Hall–Kier alpha value is -0.570. The molecule has 1 saturated heterocycles. The van der Waals surface area contributed by atoms with E-state index in [2.05, 4.69) is 18.7 Å². The summed E-state index contributed by atoms with van der Waals surface area (Å²) in [4.78, 5) is 13.1. The molecule has 0 aromatic rings. The van der Waals surface area contributed by atoms with Gasteiger partial charge in [-0.05, 0) is 31.1 Å². The summed E-state index contributed by atoms with van der Waals surface area (Å²) in [7, 11) is 0. The van der Waals surface area contributed by atoms with Crippen LogP contribution in [0.25, 0.3) is 0 Å². The number of nitrogens with zero attached hydrogens (tertiary/aromatic N) is 1. The zero-order valence-corrected chi connectivity index (χ0v) is 9.65. The average molecular weight is 211 g/mol. The van der Waals surface area contributed by atoms with E-state index in [4.69, 9.17) is 5.11 Å². The number of carbonyl (C=O) groups is 1. The van der Waals surface area contributed by atoms with Crippen LogP contribution >= 0.6 is 0 Å². The molecule has 2 fully saturated rings. The van der Waals surface area contributed by atoms with Gasteiger partial charge in [0.25, 0.3) is 0 Å². The molecule has 1 N–H and O–H groups in total. The monoisotopic (exact) mass is 211 g/mol. The maximum absolute atomic E-state index is 10.7. The molecule has 3 atom stereocenters. The van der Waals surface area contributed by atoms with Gasteiger partial charge in [0.2, 0.25) is 0 Å². The van der Waals surface area contributed by atoms with Crippen LogP contribution in [0.1, 0.15) is 33.1 Å². The molecule has 1 heterocycles. The molecule has 3 nitrogen and oxygen atoms in total. The molecule has 15 heavy (non-hydrogen) atoms. The van der Waals surface area contributed by atoms with Crippen LogP contribution in [0.2, 0.25) is 0 Å². The fourth-order valence-electron chi connectivity index (χ4n) is 3.13. The van der Waals surface area contributed by atoms with Crippen molar-refractivity contribution in [2.45, 2.75) is 39.2 Å². The minimum absolute atomic E-state index is 0.100. The van der Waals surface area contributed by atoms with Crippen LogP contribution in [0.3, 0.4) is 0 Å². The Bertz CT molecular complexity index is 248. The highest BCUT2D eigenvalue weighted by Gasteiger charge is 2.39. The van der Waals surface area contributed by atoms with Crippen molar-refractivity contribution in [2.24, 2.45) is 17.8 Å². The molecule has 1 saturated carbocycles. The molecule has 0 amide bonds. The molecular weight excluding hydrogens is 190 g/mol. The van der Waals surface area contributed by atoms with Crippen LogP contribution in [0.5, 0.6) is 0 Å². The van der Waals surface area contributed by atoms with Gasteiger partial charge in [0, 0.05) is 19.1 Å². The summed E-state index contributed by atoms with van der Waals surface area (Å²) >= 11 is 0. The van der Waals surface area contributed by atoms with Gasteiger partial charge in [-0.2, -0.15) is 0 Å². The summed E-state index contributed by atoms with van der Waals surface area (Å²) in [5.74, 6) is 0.871. The number of likely N-dealkylation sites (tertiary alicyclic amines) is 1. The Kier molecular flexibility index (Phi) is 3.01. The molecule has 0 radical (unpaired) electrons. The van der Waals surface area contributed by atoms with Gasteiger partial charge in [0.1, 0.15) is 0 Å². The Morgan fingerprint density at radius 2 is 1.93 bits per heavy atom. The van der Waals surface area contributed by atoms with E-state index in [0.29, 0.717) is 6.04 Å². The highest BCUT2D eigenvalue weighted by Crippen LogP contribution is 2.35. The number of aliphatic carboxylic acids is 1. The molecule has 0 spiro atoms. The van der Waals surface area contributed by atoms with Crippen molar-refractivity contribution in [2.75, 3.05) is 13.1 Å². The summed E-state index contributed by atoms with van der Waals surface area (Å²) in [6.07, 6.45) is 3.87. The van der Waals surface area contributed by atoms with Crippen molar-refractivity contribution in [3.8, 4) is 0 Å². The topological polar surface area (TPSA) is 40.5 Å². The van der Waals surface area contributed by atoms with Gasteiger partial charge in [0.05, 0.1) is 5.92 Å². The third-order valence-electron chi connectivity index (χ3n) is 4.11. The first-order chi connectivity index (χ1) is 7.08. The zero-order valence-electron chi connectivity index (χ0n) is 9.65. The van der Waals surface area contributed by atoms with Crippen molar-refractivity contribution in [3.05, 3.63) is 0 Å². The highest BCUT2D eigenvalue weighted by molar-refractivity contribution is 5.71. The molecule has 2 aliphatic rings. The molecule has 86 valence electrons. The molecular formula is C12H21NO2. The number of rotatable bonds is 2. The predicted molar refractivity (Wildman–Crippen MR) is 58.7 cm³/mol. The molecule has 0 aromatic carbocycles. The second-order valence-corrected chi connectivity index (χ2v) is 5.45. The highest BCUT2D eigenvalue weighted by atomic mass is 16.4. The largest absolute Gasteiger partial charge is 0.481 e. The lowest BCUT2D eigenvalue weighted by molar-refractivity contribution is -0.149. The maximum atomic E-state index is 10.7. The van der Waals surface area contributed by atoms with E-state index in [1.54, 1.807) is 0 Å². The van der Waals surface area contributed by atoms with Gasteiger partial charge in [-0.15, -0.1) is 0 Å². The molecule has 1 aliphatic carbocycles. The number of carboxylic acid groups (broad SMARTS) is 1. The molecule has 0 bridgehead atoms. The van der Waals surface area contributed by atoms with Crippen LogP contribution in [0, 0.1) is 17.8 Å². The van der Waals surface area contributed by atoms with E-state index in [0.717, 1.165) is 24.9 Å². The predicted octanol–water partition coefficient (Wildman–Crippen LogP) is 1.83. The van der Waals surface area contributed by atoms with E-state index >= 15 is 0 Å². The van der Waals surface area contributed by atoms with Crippen LogP contribution in [-0.2, 0) is 4.79 Å². The standard InChI is InChI=1S/C12H21NO2/c1-8-3-4-11(9(2)5-8)13-6-10(7-13)12(14)15/h8-11H,3-7H2,1-2H3,(H,14,15). The lowest BCUT2D eigenvalue weighted by Crippen LogP contribution is -2.57. The van der Waals surface area contributed by atoms with E-state index < -0.39 is 5.97 Å². The lowest BCUT2D eigenvalue weighted by atomic mass is 9.77. The van der Waals surface area contributed by atoms with Gasteiger partial charge in [0.15, 0.2) is 0 Å². The third-order valence-corrected chi connectivity index (χ3v) is 4.11. The quantitative estimate of drug-likeness (QED) is 0.757. The van der Waals surface area contributed by atoms with Gasteiger partial charge in [-0.25, -0.2) is 0 Å². The number of hydrogen-bond donors (Lipinski definition) is 1. The Balaban J connectivity index is 1.83. The maximum Gasteiger partial charge on any atom is 0.309 e. The second-order valence-electron chi connectivity index (χ2n) is 5.45. The molecule has 1 aliphatic heterocycles. The smallest absolute Gasteiger partial charge is 0.309 e. The first-order valence-corrected chi connectivity index (χ1v) is 6.04. The van der Waals surface area contributed by atoms with Gasteiger partial charge in [-0.1, -0.05) is 13.8 Å². The molecule has 3 heteroatoms. The van der Waals surface area contributed by atoms with Crippen molar-refractivity contribution in [1.82, 2.24) is 4.90 Å². The van der Waals surface area contributed by atoms with Gasteiger partial charge in [-0.3, -0.25) is 9.69 Å². The van der Waals surface area contributed by atoms with Crippen molar-refractivity contribution in [1.29, 1.82) is 0 Å². The molecule has 2 rings (SSSR count). The summed E-state index contributed by atoms with van der Waals surface area (Å²) in [5.41, 5.74) is 0. The first-order valence-electron chi connectivity index (χ1n) is 6.04. The van der Waals surface area contributed by atoms with Crippen LogP contribution in [0.15, 0.2) is 0 Å². The molecule has 3 unspecified atom stereocenters. The van der Waals surface area contributed by atoms with Gasteiger partial charge < -0.3 is 5.11 Å². The van der Waals surface area contributed by atoms with Crippen LogP contribution < -0.4 is 0 Å². The number of carboxylic acids is 1. The zero-order chi connectivity index (χ0) is 11.0. The minimum atomic E-state index is -0.622. The number of hydrogen-bond acceptors (Lipinski definition) is 2. The summed E-state index contributed by atoms with van der Waals surface area (Å²) < 4.78 is 0. The van der Waals surface area contributed by atoms with Crippen molar-refractivity contribution >= 4 is 5.97 Å². The first kappa shape index (κ1) is 10.9. The Labute approximate surface area is 91.5 Å². The van der Waals surface area contributed by atoms with E-state index in [9.17, 15) is 4.79 Å². The summed E-state index contributed by atoms with van der Waals surface area (Å²) in [6, 6.07) is 0.650. The summed E-state index contributed by atoms with van der Waals surface area (Å²) in [5, 5.41) is 8.83. The van der Waals surface area contributed by atoms with Crippen LogP contribution in [0.4, 0.5) is 0 Å². The summed E-state index contributed by atoms with van der Waals surface area (Å²) in [6.45, 7) is 6.19. The Morgan fingerprint density at radius 1 is 1.27 bits per heavy atom. The Morgan fingerprint density at radius 3 is 2.47 bits per heavy atom. The second kappa shape index (κ2) is 4.12.